The maximum atomic E-state index is 13.5. The molecule has 0 amide bonds. The molecule has 0 aliphatic rings. The number of hydrogen-bond donors (Lipinski definition) is 0. The molecule has 8 aromatic rings. The summed E-state index contributed by atoms with van der Waals surface area (Å²) in [5, 5.41) is 0.280. The number of hydrogen-bond acceptors (Lipinski definition) is 6. The van der Waals surface area contributed by atoms with E-state index in [9.17, 15) is 16.8 Å². The smallest absolute Gasteiger partial charge is 0.206 e. The zero-order valence-corrected chi connectivity index (χ0v) is 35.9. The number of halogens is 2. The van der Waals surface area contributed by atoms with Gasteiger partial charge in [-0.15, -0.1) is 11.6 Å². The van der Waals surface area contributed by atoms with Crippen LogP contribution in [0.4, 0.5) is 0 Å². The van der Waals surface area contributed by atoms with E-state index < -0.39 is 19.7 Å². The zero-order chi connectivity index (χ0) is 42.6. The summed E-state index contributed by atoms with van der Waals surface area (Å²) in [4.78, 5) is 0.646. The van der Waals surface area contributed by atoms with Crippen LogP contribution in [0.5, 0.6) is 23.0 Å². The van der Waals surface area contributed by atoms with Gasteiger partial charge >= 0.3 is 0 Å². The fourth-order valence-corrected chi connectivity index (χ4v) is 9.68. The fraction of sp³-hybridized carbons (Fsp3) is 0.0588. The second kappa shape index (κ2) is 17.8. The minimum Gasteiger partial charge on any atom is -0.457 e. The molecule has 0 spiro atoms. The summed E-state index contributed by atoms with van der Waals surface area (Å²) < 4.78 is 66.4. The average Bonchev–Trinajstić information content (AvgIpc) is 3.30. The van der Waals surface area contributed by atoms with Gasteiger partial charge in [-0.25, -0.2) is 16.8 Å². The van der Waals surface area contributed by atoms with Gasteiger partial charge in [0.1, 0.15) is 23.0 Å². The summed E-state index contributed by atoms with van der Waals surface area (Å²) in [5.41, 5.74) is 6.29. The highest BCUT2D eigenvalue weighted by Gasteiger charge is 2.21. The molecule has 10 heteroatoms. The Morgan fingerprint density at radius 3 is 1.18 bits per heavy atom. The van der Waals surface area contributed by atoms with E-state index in [1.165, 1.54) is 24.3 Å². The normalized spacial score (nSPS) is 12.1. The van der Waals surface area contributed by atoms with Crippen LogP contribution in [0.3, 0.4) is 0 Å². The lowest BCUT2D eigenvalue weighted by Gasteiger charge is -2.16. The van der Waals surface area contributed by atoms with Gasteiger partial charge in [0.25, 0.3) is 0 Å². The Balaban J connectivity index is 1.08. The molecule has 0 aliphatic carbocycles. The maximum Gasteiger partial charge on any atom is 0.206 e. The zero-order valence-electron chi connectivity index (χ0n) is 32.8. The van der Waals surface area contributed by atoms with Gasteiger partial charge in [-0.1, -0.05) is 103 Å². The Labute approximate surface area is 366 Å². The third-order valence-electron chi connectivity index (χ3n) is 10.2. The van der Waals surface area contributed by atoms with Crippen LogP contribution < -0.4 is 9.47 Å². The van der Waals surface area contributed by atoms with E-state index in [0.29, 0.717) is 28.0 Å². The first-order chi connectivity index (χ1) is 29.5. The summed E-state index contributed by atoms with van der Waals surface area (Å²) in [6.45, 7) is 1.98. The molecule has 61 heavy (non-hydrogen) atoms. The van der Waals surface area contributed by atoms with Crippen molar-refractivity contribution in [2.45, 2.75) is 38.3 Å². The molecule has 304 valence electrons. The number of alkyl halides is 1. The molecule has 0 fully saturated rings. The van der Waals surface area contributed by atoms with Crippen molar-refractivity contribution >= 4 is 42.9 Å². The first-order valence-electron chi connectivity index (χ1n) is 19.4. The Kier molecular flexibility index (Phi) is 12.1. The number of rotatable bonds is 13. The molecule has 0 bridgehead atoms. The largest absolute Gasteiger partial charge is 0.457 e. The van der Waals surface area contributed by atoms with E-state index in [2.05, 4.69) is 12.1 Å². The van der Waals surface area contributed by atoms with E-state index in [1.54, 1.807) is 72.8 Å². The number of benzene rings is 8. The third kappa shape index (κ3) is 9.14. The summed E-state index contributed by atoms with van der Waals surface area (Å²) >= 11 is 12.3. The van der Waals surface area contributed by atoms with E-state index in [0.717, 1.165) is 45.4 Å². The van der Waals surface area contributed by atoms with Gasteiger partial charge in [-0.3, -0.25) is 0 Å². The molecular formula is C51H38Cl2O6S2. The summed E-state index contributed by atoms with van der Waals surface area (Å²) in [7, 11) is -7.51. The van der Waals surface area contributed by atoms with E-state index in [1.807, 2.05) is 91.9 Å². The van der Waals surface area contributed by atoms with Gasteiger partial charge in [0, 0.05) is 16.1 Å². The lowest BCUT2D eigenvalue weighted by Crippen LogP contribution is -2.02. The average molecular weight is 882 g/mol. The topological polar surface area (TPSA) is 86.7 Å². The van der Waals surface area contributed by atoms with Crippen molar-refractivity contribution in [1.82, 2.24) is 0 Å². The molecule has 0 saturated carbocycles. The van der Waals surface area contributed by atoms with Crippen LogP contribution >= 0.6 is 23.2 Å². The van der Waals surface area contributed by atoms with Gasteiger partial charge in [0.15, 0.2) is 0 Å². The molecule has 8 aromatic carbocycles. The highest BCUT2D eigenvalue weighted by Crippen LogP contribution is 2.41. The Morgan fingerprint density at radius 2 is 0.803 bits per heavy atom. The molecule has 0 radical (unpaired) electrons. The van der Waals surface area contributed by atoms with Gasteiger partial charge < -0.3 is 9.47 Å². The van der Waals surface area contributed by atoms with Crippen molar-refractivity contribution < 1.29 is 26.3 Å². The standard InChI is InChI=1S/C51H38Cl2O6S2/c1-2-49(53)37-13-23-43(24-14-37)60(54,55)45-27-19-41(20-28-45)58-50-31-15-38(33-47(50)35-9-5-3-6-10-35)39-16-32-51(48(34-39)36-11-7-4-8-12-36)59-42-21-29-46(30-22-42)61(56,57)44-25-17-40(52)18-26-44/h3-34,49H,2H2,1H3. The number of ether oxygens (including phenoxy) is 2. The van der Waals surface area contributed by atoms with Gasteiger partial charge in [0.05, 0.1) is 25.0 Å². The SMILES string of the molecule is CCC(Cl)c1ccc(S(=O)(=O)c2ccc(Oc3ccc(-c4ccc(Oc5ccc(S(=O)(=O)c6ccc(Cl)cc6)cc5)c(-c5ccccc5)c4)cc3-c3ccccc3)cc2)cc1. The molecule has 1 atom stereocenters. The van der Waals surface area contributed by atoms with Crippen molar-refractivity contribution in [3.8, 4) is 56.4 Å². The van der Waals surface area contributed by atoms with Crippen molar-refractivity contribution in [3.05, 3.63) is 205 Å². The van der Waals surface area contributed by atoms with Crippen molar-refractivity contribution in [2.24, 2.45) is 0 Å². The lowest BCUT2D eigenvalue weighted by atomic mass is 9.95. The molecule has 0 heterocycles. The Morgan fingerprint density at radius 1 is 0.443 bits per heavy atom. The predicted octanol–water partition coefficient (Wildman–Crippen LogP) is 14.3. The fourth-order valence-electron chi connectivity index (χ4n) is 6.89. The van der Waals surface area contributed by atoms with Gasteiger partial charge in [0.2, 0.25) is 19.7 Å². The van der Waals surface area contributed by atoms with Crippen LogP contribution in [0.2, 0.25) is 5.02 Å². The quantitative estimate of drug-likeness (QED) is 0.107. The van der Waals surface area contributed by atoms with E-state index in [4.69, 9.17) is 32.7 Å². The Bertz CT molecular complexity index is 3010. The highest BCUT2D eigenvalue weighted by molar-refractivity contribution is 7.91. The molecule has 8 rings (SSSR count). The lowest BCUT2D eigenvalue weighted by molar-refractivity contribution is 0.483. The minimum atomic E-state index is -3.76. The van der Waals surface area contributed by atoms with Gasteiger partial charge in [-0.2, -0.15) is 0 Å². The summed E-state index contributed by atoms with van der Waals surface area (Å²) in [6, 6.07) is 57.3. The predicted molar refractivity (Wildman–Crippen MR) is 243 cm³/mol. The van der Waals surface area contributed by atoms with E-state index in [-0.39, 0.29) is 25.0 Å². The monoisotopic (exact) mass is 880 g/mol. The van der Waals surface area contributed by atoms with E-state index >= 15 is 0 Å². The molecule has 6 nitrogen and oxygen atoms in total. The van der Waals surface area contributed by atoms with Crippen LogP contribution in [0.1, 0.15) is 24.3 Å². The molecule has 0 saturated heterocycles. The van der Waals surface area contributed by atoms with Crippen LogP contribution in [0.15, 0.2) is 214 Å². The van der Waals surface area contributed by atoms with Crippen molar-refractivity contribution in [3.63, 3.8) is 0 Å². The van der Waals surface area contributed by atoms with Crippen LogP contribution in [0.25, 0.3) is 33.4 Å². The Hall–Kier alpha value is -6.16. The van der Waals surface area contributed by atoms with Crippen LogP contribution in [-0.2, 0) is 19.7 Å². The molecule has 1 unspecified atom stereocenters. The summed E-state index contributed by atoms with van der Waals surface area (Å²) in [5.74, 6) is 2.15. The first kappa shape index (κ1) is 41.6. The second-order valence-electron chi connectivity index (χ2n) is 14.2. The maximum absolute atomic E-state index is 13.5. The van der Waals surface area contributed by atoms with Crippen LogP contribution in [-0.4, -0.2) is 16.8 Å². The van der Waals surface area contributed by atoms with Crippen LogP contribution in [0, 0.1) is 0 Å². The third-order valence-corrected chi connectivity index (χ3v) is 14.6. The summed E-state index contributed by atoms with van der Waals surface area (Å²) in [6.07, 6.45) is 0.741. The minimum absolute atomic E-state index is 0.141. The molecular weight excluding hydrogens is 844 g/mol. The highest BCUT2D eigenvalue weighted by atomic mass is 35.5. The molecule has 0 aromatic heterocycles. The van der Waals surface area contributed by atoms with Gasteiger partial charge in [-0.05, 0) is 143 Å². The number of sulfone groups is 2. The van der Waals surface area contributed by atoms with Crippen molar-refractivity contribution in [1.29, 1.82) is 0 Å². The molecule has 0 aliphatic heterocycles. The molecule has 0 N–H and O–H groups in total. The van der Waals surface area contributed by atoms with Crippen molar-refractivity contribution in [2.75, 3.05) is 0 Å². The first-order valence-corrected chi connectivity index (χ1v) is 23.2. The second-order valence-corrected chi connectivity index (χ2v) is 19.1.